The van der Waals surface area contributed by atoms with Crippen molar-refractivity contribution in [2.45, 2.75) is 38.5 Å². The minimum absolute atomic E-state index is 0.515. The maximum Gasteiger partial charge on any atom is 0.123 e. The van der Waals surface area contributed by atoms with Crippen LogP contribution in [0.2, 0.25) is 0 Å². The second-order valence-electron chi connectivity index (χ2n) is 4.04. The summed E-state index contributed by atoms with van der Waals surface area (Å²) in [7, 11) is 0. The van der Waals surface area contributed by atoms with Crippen LogP contribution in [-0.2, 0) is 4.79 Å². The third-order valence-electron chi connectivity index (χ3n) is 2.93. The number of carbonyl (C=O) groups excluding carboxylic acids is 1. The highest BCUT2D eigenvalue weighted by Crippen LogP contribution is 2.30. The maximum absolute atomic E-state index is 10.2. The van der Waals surface area contributed by atoms with Crippen LogP contribution < -0.4 is 0 Å². The van der Waals surface area contributed by atoms with Crippen LogP contribution in [0.25, 0.3) is 0 Å². The van der Waals surface area contributed by atoms with Crippen molar-refractivity contribution in [1.82, 2.24) is 0 Å². The first-order valence-corrected chi connectivity index (χ1v) is 5.81. The zero-order chi connectivity index (χ0) is 10.9. The summed E-state index contributed by atoms with van der Waals surface area (Å²) < 4.78 is 0. The number of hydrogen-bond donors (Lipinski definition) is 0. The van der Waals surface area contributed by atoms with E-state index < -0.39 is 0 Å². The average molecular weight is 204 g/mol. The fourth-order valence-corrected chi connectivity index (χ4v) is 2.16. The highest BCUT2D eigenvalue weighted by atomic mass is 16.1. The monoisotopic (exact) mass is 204 g/mol. The smallest absolute Gasteiger partial charge is 0.123 e. The lowest BCUT2D eigenvalue weighted by Crippen LogP contribution is -2.07. The summed E-state index contributed by atoms with van der Waals surface area (Å²) in [4.78, 5) is 10.2. The SMILES string of the molecule is C=C/C=C(\C=C/CC=O)C1CCCCC1. The van der Waals surface area contributed by atoms with Gasteiger partial charge in [-0.3, -0.25) is 0 Å². The van der Waals surface area contributed by atoms with Gasteiger partial charge in [-0.25, -0.2) is 0 Å². The molecule has 1 saturated carbocycles. The molecule has 0 spiro atoms. The van der Waals surface area contributed by atoms with Gasteiger partial charge in [0.05, 0.1) is 0 Å². The highest BCUT2D eigenvalue weighted by Gasteiger charge is 2.15. The Morgan fingerprint density at radius 1 is 1.27 bits per heavy atom. The standard InChI is InChI=1S/C14H20O/c1-2-8-13(11-6-7-12-15)14-9-4-3-5-10-14/h2,6,8,11-12,14H,1,3-5,7,9-10H2/b11-6-,13-8+. The second kappa shape index (κ2) is 7.22. The lowest BCUT2D eigenvalue weighted by Gasteiger charge is -2.22. The zero-order valence-corrected chi connectivity index (χ0v) is 9.32. The molecule has 0 aromatic carbocycles. The molecular formula is C14H20O. The molecule has 1 fully saturated rings. The van der Waals surface area contributed by atoms with E-state index in [1.807, 2.05) is 12.2 Å². The van der Waals surface area contributed by atoms with Gasteiger partial charge in [0.1, 0.15) is 6.29 Å². The van der Waals surface area contributed by atoms with E-state index in [1.165, 1.54) is 37.7 Å². The van der Waals surface area contributed by atoms with Gasteiger partial charge in [0.15, 0.2) is 0 Å². The molecular weight excluding hydrogens is 184 g/mol. The van der Waals surface area contributed by atoms with E-state index in [1.54, 1.807) is 0 Å². The van der Waals surface area contributed by atoms with Crippen molar-refractivity contribution in [3.63, 3.8) is 0 Å². The number of hydrogen-bond acceptors (Lipinski definition) is 1. The number of allylic oxidation sites excluding steroid dienone is 5. The van der Waals surface area contributed by atoms with Gasteiger partial charge >= 0.3 is 0 Å². The van der Waals surface area contributed by atoms with Crippen LogP contribution in [0, 0.1) is 5.92 Å². The van der Waals surface area contributed by atoms with Crippen molar-refractivity contribution in [3.05, 3.63) is 36.5 Å². The molecule has 0 aromatic heterocycles. The van der Waals surface area contributed by atoms with E-state index >= 15 is 0 Å². The lowest BCUT2D eigenvalue weighted by molar-refractivity contribution is -0.107. The number of aldehydes is 1. The number of carbonyl (C=O) groups is 1. The topological polar surface area (TPSA) is 17.1 Å². The first-order chi connectivity index (χ1) is 7.38. The van der Waals surface area contributed by atoms with E-state index in [4.69, 9.17) is 0 Å². The minimum Gasteiger partial charge on any atom is -0.303 e. The van der Waals surface area contributed by atoms with E-state index in [0.717, 1.165) is 6.29 Å². The van der Waals surface area contributed by atoms with Crippen molar-refractivity contribution in [1.29, 1.82) is 0 Å². The van der Waals surface area contributed by atoms with Crippen molar-refractivity contribution in [2.75, 3.05) is 0 Å². The van der Waals surface area contributed by atoms with Gasteiger partial charge in [-0.05, 0) is 24.3 Å². The van der Waals surface area contributed by atoms with Crippen LogP contribution in [0.5, 0.6) is 0 Å². The molecule has 1 aliphatic rings. The molecule has 0 unspecified atom stereocenters. The summed E-state index contributed by atoms with van der Waals surface area (Å²) in [6.07, 6.45) is 16.0. The van der Waals surface area contributed by atoms with E-state index in [2.05, 4.69) is 18.7 Å². The molecule has 1 nitrogen and oxygen atoms in total. The summed E-state index contributed by atoms with van der Waals surface area (Å²) in [5.41, 5.74) is 1.34. The molecule has 0 aromatic rings. The van der Waals surface area contributed by atoms with Gasteiger partial charge in [0, 0.05) is 6.42 Å². The van der Waals surface area contributed by atoms with Crippen LogP contribution in [0.3, 0.4) is 0 Å². The lowest BCUT2D eigenvalue weighted by atomic mass is 9.83. The average Bonchev–Trinajstić information content (AvgIpc) is 2.29. The van der Waals surface area contributed by atoms with Crippen LogP contribution in [0.4, 0.5) is 0 Å². The molecule has 0 amide bonds. The minimum atomic E-state index is 0.515. The molecule has 1 heteroatoms. The third kappa shape index (κ3) is 4.28. The molecule has 15 heavy (non-hydrogen) atoms. The largest absolute Gasteiger partial charge is 0.303 e. The molecule has 0 bridgehead atoms. The van der Waals surface area contributed by atoms with Gasteiger partial charge in [-0.1, -0.05) is 50.1 Å². The second-order valence-corrected chi connectivity index (χ2v) is 4.04. The Balaban J connectivity index is 2.59. The van der Waals surface area contributed by atoms with Crippen molar-refractivity contribution < 1.29 is 4.79 Å². The summed E-state index contributed by atoms with van der Waals surface area (Å²) in [5, 5.41) is 0. The van der Waals surface area contributed by atoms with Gasteiger partial charge in [-0.2, -0.15) is 0 Å². The molecule has 0 aliphatic heterocycles. The Kier molecular flexibility index (Phi) is 5.76. The molecule has 0 heterocycles. The van der Waals surface area contributed by atoms with Crippen molar-refractivity contribution in [2.24, 2.45) is 5.92 Å². The Hall–Kier alpha value is -1.11. The van der Waals surface area contributed by atoms with Crippen LogP contribution in [0.1, 0.15) is 38.5 Å². The predicted octanol–water partition coefficient (Wildman–Crippen LogP) is 3.82. The fraction of sp³-hybridized carbons (Fsp3) is 0.500. The first-order valence-electron chi connectivity index (χ1n) is 5.81. The molecule has 0 radical (unpaired) electrons. The van der Waals surface area contributed by atoms with Crippen LogP contribution in [-0.4, -0.2) is 6.29 Å². The van der Waals surface area contributed by atoms with Crippen LogP contribution >= 0.6 is 0 Å². The quantitative estimate of drug-likeness (QED) is 0.491. The van der Waals surface area contributed by atoms with Crippen molar-refractivity contribution in [3.8, 4) is 0 Å². The van der Waals surface area contributed by atoms with E-state index in [-0.39, 0.29) is 0 Å². The van der Waals surface area contributed by atoms with Crippen LogP contribution in [0.15, 0.2) is 36.5 Å². The molecule has 1 rings (SSSR count). The molecule has 0 atom stereocenters. The van der Waals surface area contributed by atoms with Crippen molar-refractivity contribution >= 4 is 6.29 Å². The van der Waals surface area contributed by atoms with E-state index in [9.17, 15) is 4.79 Å². The summed E-state index contributed by atoms with van der Waals surface area (Å²) in [6.45, 7) is 3.74. The predicted molar refractivity (Wildman–Crippen MR) is 64.7 cm³/mol. The van der Waals surface area contributed by atoms with Gasteiger partial charge in [-0.15, -0.1) is 0 Å². The summed E-state index contributed by atoms with van der Waals surface area (Å²) >= 11 is 0. The molecule has 0 N–H and O–H groups in total. The number of rotatable bonds is 5. The maximum atomic E-state index is 10.2. The fourth-order valence-electron chi connectivity index (χ4n) is 2.16. The Morgan fingerprint density at radius 3 is 2.60 bits per heavy atom. The van der Waals surface area contributed by atoms with E-state index in [0.29, 0.717) is 12.3 Å². The van der Waals surface area contributed by atoms with Gasteiger partial charge < -0.3 is 4.79 Å². The Morgan fingerprint density at radius 2 is 2.00 bits per heavy atom. The molecule has 1 aliphatic carbocycles. The zero-order valence-electron chi connectivity index (χ0n) is 9.32. The molecule has 82 valence electrons. The van der Waals surface area contributed by atoms with Gasteiger partial charge in [0.2, 0.25) is 0 Å². The van der Waals surface area contributed by atoms with Gasteiger partial charge in [0.25, 0.3) is 0 Å². The highest BCUT2D eigenvalue weighted by molar-refractivity contribution is 5.52. The summed E-state index contributed by atoms with van der Waals surface area (Å²) in [6, 6.07) is 0. The summed E-state index contributed by atoms with van der Waals surface area (Å²) in [5.74, 6) is 0.680. The Labute approximate surface area is 92.6 Å². The molecule has 0 saturated heterocycles. The first kappa shape index (κ1) is 12.0. The normalized spacial score (nSPS) is 19.3. The Bertz CT molecular complexity index is 255. The third-order valence-corrected chi connectivity index (χ3v) is 2.93.